The first kappa shape index (κ1) is 16.1. The Morgan fingerprint density at radius 1 is 0.727 bits per heavy atom. The van der Waals surface area contributed by atoms with E-state index in [4.69, 9.17) is 9.47 Å². The maximum atomic E-state index is 11.6. The van der Waals surface area contributed by atoms with Gasteiger partial charge in [-0.05, 0) is 0 Å². The number of amides is 4. The molecule has 2 unspecified atom stereocenters. The molecule has 2 rings (SSSR count). The summed E-state index contributed by atoms with van der Waals surface area (Å²) in [4.78, 5) is 48.4. The molecule has 2 atom stereocenters. The highest BCUT2D eigenvalue weighted by Crippen LogP contribution is 2.14. The first-order valence-corrected chi connectivity index (χ1v) is 6.60. The summed E-state index contributed by atoms with van der Waals surface area (Å²) in [6, 6.07) is 0. The van der Waals surface area contributed by atoms with E-state index >= 15 is 0 Å². The van der Waals surface area contributed by atoms with E-state index < -0.39 is 35.8 Å². The quantitative estimate of drug-likeness (QED) is 0.552. The molecular formula is C14H16N2O6. The Kier molecular flexibility index (Phi) is 4.84. The van der Waals surface area contributed by atoms with E-state index in [1.807, 2.05) is 0 Å². The molecular weight excluding hydrogens is 292 g/mol. The van der Waals surface area contributed by atoms with Gasteiger partial charge in [0.2, 0.25) is 0 Å². The van der Waals surface area contributed by atoms with Crippen molar-refractivity contribution < 1.29 is 28.7 Å². The number of methoxy groups -OCH3 is 2. The van der Waals surface area contributed by atoms with Gasteiger partial charge in [-0.1, -0.05) is 0 Å². The lowest BCUT2D eigenvalue weighted by atomic mass is 10.1. The molecule has 0 aliphatic carbocycles. The molecule has 8 heteroatoms. The van der Waals surface area contributed by atoms with Gasteiger partial charge >= 0.3 is 0 Å². The summed E-state index contributed by atoms with van der Waals surface area (Å²) in [6.45, 7) is -0.0490. The van der Waals surface area contributed by atoms with Crippen molar-refractivity contribution in [2.75, 3.05) is 27.3 Å². The number of ether oxygens (including phenoxy) is 2. The van der Waals surface area contributed by atoms with Crippen molar-refractivity contribution in [1.82, 2.24) is 9.80 Å². The number of carbonyl (C=O) groups is 4. The van der Waals surface area contributed by atoms with E-state index in [0.717, 1.165) is 9.80 Å². The fourth-order valence-electron chi connectivity index (χ4n) is 2.27. The number of hydrogen-bond acceptors (Lipinski definition) is 6. The minimum Gasteiger partial charge on any atom is -0.377 e. The summed E-state index contributed by atoms with van der Waals surface area (Å²) in [5, 5.41) is 0. The van der Waals surface area contributed by atoms with Gasteiger partial charge in [-0.2, -0.15) is 0 Å². The Labute approximate surface area is 126 Å². The SMILES string of the molecule is COC(CN1C(=O)C=CC1=O)C(CN1C(=O)C=CC1=O)OC. The molecule has 8 nitrogen and oxygen atoms in total. The topological polar surface area (TPSA) is 93.2 Å². The Bertz CT molecular complexity index is 482. The molecule has 0 aromatic rings. The van der Waals surface area contributed by atoms with Crippen molar-refractivity contribution in [2.45, 2.75) is 12.2 Å². The predicted molar refractivity (Wildman–Crippen MR) is 73.3 cm³/mol. The fourth-order valence-corrected chi connectivity index (χ4v) is 2.27. The summed E-state index contributed by atoms with van der Waals surface area (Å²) in [5.41, 5.74) is 0. The minimum atomic E-state index is -0.668. The van der Waals surface area contributed by atoms with Gasteiger partial charge in [-0.15, -0.1) is 0 Å². The van der Waals surface area contributed by atoms with Crippen molar-refractivity contribution in [1.29, 1.82) is 0 Å². The smallest absolute Gasteiger partial charge is 0.253 e. The fraction of sp³-hybridized carbons (Fsp3) is 0.429. The van der Waals surface area contributed by atoms with E-state index in [0.29, 0.717) is 0 Å². The normalized spacial score (nSPS) is 20.5. The van der Waals surface area contributed by atoms with Crippen LogP contribution in [-0.4, -0.2) is 72.9 Å². The summed E-state index contributed by atoms with van der Waals surface area (Å²) in [5.74, 6) is -1.73. The van der Waals surface area contributed by atoms with Crippen molar-refractivity contribution in [3.63, 3.8) is 0 Å². The molecule has 0 saturated carbocycles. The molecule has 0 aromatic carbocycles. The van der Waals surface area contributed by atoms with Crippen molar-refractivity contribution in [3.8, 4) is 0 Å². The Morgan fingerprint density at radius 3 is 1.23 bits per heavy atom. The second-order valence-corrected chi connectivity index (χ2v) is 4.79. The molecule has 2 heterocycles. The highest BCUT2D eigenvalue weighted by Gasteiger charge is 2.34. The van der Waals surface area contributed by atoms with Crippen LogP contribution in [-0.2, 0) is 28.7 Å². The molecule has 0 saturated heterocycles. The zero-order chi connectivity index (χ0) is 16.3. The van der Waals surface area contributed by atoms with Crippen LogP contribution in [0.4, 0.5) is 0 Å². The third kappa shape index (κ3) is 3.12. The zero-order valence-electron chi connectivity index (χ0n) is 12.2. The van der Waals surface area contributed by atoms with Crippen LogP contribution in [0.5, 0.6) is 0 Å². The van der Waals surface area contributed by atoms with Gasteiger partial charge < -0.3 is 9.47 Å². The van der Waals surface area contributed by atoms with Crippen LogP contribution in [0.2, 0.25) is 0 Å². The zero-order valence-corrected chi connectivity index (χ0v) is 12.2. The average Bonchev–Trinajstić information content (AvgIpc) is 2.99. The number of hydrogen-bond donors (Lipinski definition) is 0. The number of carbonyl (C=O) groups excluding carboxylic acids is 4. The molecule has 0 N–H and O–H groups in total. The lowest BCUT2D eigenvalue weighted by molar-refractivity contribution is -0.146. The van der Waals surface area contributed by atoms with Gasteiger partial charge in [0, 0.05) is 38.5 Å². The molecule has 0 aromatic heterocycles. The molecule has 22 heavy (non-hydrogen) atoms. The van der Waals surface area contributed by atoms with Gasteiger partial charge in [0.25, 0.3) is 23.6 Å². The maximum Gasteiger partial charge on any atom is 0.253 e. The number of imide groups is 2. The largest absolute Gasteiger partial charge is 0.377 e. The second kappa shape index (κ2) is 6.63. The maximum absolute atomic E-state index is 11.6. The van der Waals surface area contributed by atoms with Crippen LogP contribution in [0.3, 0.4) is 0 Å². The Balaban J connectivity index is 2.04. The number of rotatable bonds is 7. The third-order valence-electron chi connectivity index (χ3n) is 3.55. The molecule has 2 aliphatic heterocycles. The highest BCUT2D eigenvalue weighted by molar-refractivity contribution is 6.13. The molecule has 2 aliphatic rings. The van der Waals surface area contributed by atoms with Gasteiger partial charge in [0.15, 0.2) is 0 Å². The Hall–Kier alpha value is -2.32. The summed E-state index contributed by atoms with van der Waals surface area (Å²) in [7, 11) is 2.81. The summed E-state index contributed by atoms with van der Waals surface area (Å²) in [6.07, 6.45) is 3.36. The standard InChI is InChI=1S/C14H16N2O6/c1-21-9(7-15-11(17)3-4-12(15)18)10(22-2)8-16-13(19)5-6-14(16)20/h3-6,9-10H,7-8H2,1-2H3. The monoisotopic (exact) mass is 308 g/mol. The van der Waals surface area contributed by atoms with Gasteiger partial charge in [-0.3, -0.25) is 29.0 Å². The van der Waals surface area contributed by atoms with E-state index in [9.17, 15) is 19.2 Å². The first-order chi connectivity index (χ1) is 10.5. The van der Waals surface area contributed by atoms with Crippen LogP contribution >= 0.6 is 0 Å². The van der Waals surface area contributed by atoms with E-state index in [2.05, 4.69) is 0 Å². The minimum absolute atomic E-state index is 0.0245. The summed E-state index contributed by atoms with van der Waals surface area (Å²) >= 11 is 0. The predicted octanol–water partition coefficient (Wildman–Crippen LogP) is -1.13. The molecule has 4 amide bonds. The highest BCUT2D eigenvalue weighted by atomic mass is 16.5. The van der Waals surface area contributed by atoms with Crippen LogP contribution in [0.25, 0.3) is 0 Å². The third-order valence-corrected chi connectivity index (χ3v) is 3.55. The molecule has 0 bridgehead atoms. The van der Waals surface area contributed by atoms with E-state index in [-0.39, 0.29) is 13.1 Å². The first-order valence-electron chi connectivity index (χ1n) is 6.60. The molecule has 118 valence electrons. The van der Waals surface area contributed by atoms with E-state index in [1.54, 1.807) is 0 Å². The second-order valence-electron chi connectivity index (χ2n) is 4.79. The van der Waals surface area contributed by atoms with Gasteiger partial charge in [0.1, 0.15) is 12.2 Å². The molecule has 0 fully saturated rings. The van der Waals surface area contributed by atoms with Crippen LogP contribution < -0.4 is 0 Å². The molecule has 0 spiro atoms. The van der Waals surface area contributed by atoms with Crippen molar-refractivity contribution >= 4 is 23.6 Å². The molecule has 0 radical (unpaired) electrons. The van der Waals surface area contributed by atoms with E-state index in [1.165, 1.54) is 38.5 Å². The van der Waals surface area contributed by atoms with Crippen LogP contribution in [0, 0.1) is 0 Å². The van der Waals surface area contributed by atoms with Crippen LogP contribution in [0.1, 0.15) is 0 Å². The number of nitrogens with zero attached hydrogens (tertiary/aromatic N) is 2. The van der Waals surface area contributed by atoms with Gasteiger partial charge in [0.05, 0.1) is 13.1 Å². The van der Waals surface area contributed by atoms with Crippen molar-refractivity contribution in [3.05, 3.63) is 24.3 Å². The lowest BCUT2D eigenvalue weighted by Gasteiger charge is -2.30. The van der Waals surface area contributed by atoms with Gasteiger partial charge in [-0.25, -0.2) is 0 Å². The average molecular weight is 308 g/mol. The van der Waals surface area contributed by atoms with Crippen LogP contribution in [0.15, 0.2) is 24.3 Å². The lowest BCUT2D eigenvalue weighted by Crippen LogP contribution is -2.49. The Morgan fingerprint density at radius 2 is 1.00 bits per heavy atom. The summed E-state index contributed by atoms with van der Waals surface area (Å²) < 4.78 is 10.5. The van der Waals surface area contributed by atoms with Crippen molar-refractivity contribution in [2.24, 2.45) is 0 Å².